The van der Waals surface area contributed by atoms with Crippen molar-refractivity contribution in [1.29, 1.82) is 0 Å². The highest BCUT2D eigenvalue weighted by Gasteiger charge is 2.28. The van der Waals surface area contributed by atoms with Crippen molar-refractivity contribution in [3.63, 3.8) is 0 Å². The Morgan fingerprint density at radius 3 is 2.47 bits per heavy atom. The SMILES string of the molecule is CC(=O)Nc1ccc(-c2noc(C3CCN(C(=O)c4cccc(N(C)C)c4)CC3)n2)cc1. The second-order valence-electron chi connectivity index (χ2n) is 8.23. The van der Waals surface area contributed by atoms with E-state index in [2.05, 4.69) is 15.5 Å². The molecule has 1 aliphatic heterocycles. The average molecular weight is 434 g/mol. The Morgan fingerprint density at radius 2 is 1.81 bits per heavy atom. The number of piperidine rings is 1. The molecule has 0 unspecified atom stereocenters. The van der Waals surface area contributed by atoms with E-state index < -0.39 is 0 Å². The van der Waals surface area contributed by atoms with Crippen LogP contribution < -0.4 is 10.2 Å². The summed E-state index contributed by atoms with van der Waals surface area (Å²) in [6.07, 6.45) is 1.56. The van der Waals surface area contributed by atoms with Crippen molar-refractivity contribution in [2.45, 2.75) is 25.7 Å². The van der Waals surface area contributed by atoms with Gasteiger partial charge in [0.1, 0.15) is 0 Å². The van der Waals surface area contributed by atoms with Gasteiger partial charge < -0.3 is 19.6 Å². The van der Waals surface area contributed by atoms with E-state index in [-0.39, 0.29) is 17.7 Å². The number of rotatable bonds is 5. The Morgan fingerprint density at radius 1 is 1.09 bits per heavy atom. The molecule has 0 saturated carbocycles. The molecule has 32 heavy (non-hydrogen) atoms. The highest BCUT2D eigenvalue weighted by atomic mass is 16.5. The van der Waals surface area contributed by atoms with Gasteiger partial charge in [0.2, 0.25) is 17.6 Å². The van der Waals surface area contributed by atoms with Crippen LogP contribution in [-0.4, -0.2) is 54.0 Å². The lowest BCUT2D eigenvalue weighted by Gasteiger charge is -2.30. The Balaban J connectivity index is 1.38. The Kier molecular flexibility index (Phi) is 6.20. The molecule has 1 aliphatic rings. The Bertz CT molecular complexity index is 1100. The van der Waals surface area contributed by atoms with Crippen molar-refractivity contribution in [2.75, 3.05) is 37.4 Å². The molecule has 2 aromatic carbocycles. The minimum absolute atomic E-state index is 0.0534. The first kappa shape index (κ1) is 21.5. The van der Waals surface area contributed by atoms with Crippen molar-refractivity contribution in [3.8, 4) is 11.4 Å². The zero-order chi connectivity index (χ0) is 22.7. The van der Waals surface area contributed by atoms with Crippen LogP contribution in [0.15, 0.2) is 53.1 Å². The molecule has 0 atom stereocenters. The minimum atomic E-state index is -0.116. The number of likely N-dealkylation sites (tertiary alicyclic amines) is 1. The molecule has 1 fully saturated rings. The van der Waals surface area contributed by atoms with Crippen molar-refractivity contribution in [1.82, 2.24) is 15.0 Å². The summed E-state index contributed by atoms with van der Waals surface area (Å²) in [5.74, 6) is 1.19. The monoisotopic (exact) mass is 433 g/mol. The summed E-state index contributed by atoms with van der Waals surface area (Å²) in [5.41, 5.74) is 3.26. The summed E-state index contributed by atoms with van der Waals surface area (Å²) in [4.78, 5) is 32.5. The predicted molar refractivity (Wildman–Crippen MR) is 123 cm³/mol. The molecule has 3 aromatic rings. The Labute approximate surface area is 187 Å². The van der Waals surface area contributed by atoms with E-state index in [1.54, 1.807) is 0 Å². The van der Waals surface area contributed by atoms with Gasteiger partial charge in [0, 0.05) is 62.5 Å². The molecule has 0 bridgehead atoms. The molecular formula is C24H27N5O3. The summed E-state index contributed by atoms with van der Waals surface area (Å²) in [5, 5.41) is 6.86. The van der Waals surface area contributed by atoms with Crippen molar-refractivity contribution < 1.29 is 14.1 Å². The van der Waals surface area contributed by atoms with E-state index >= 15 is 0 Å². The lowest BCUT2D eigenvalue weighted by atomic mass is 9.96. The molecule has 2 heterocycles. The quantitative estimate of drug-likeness (QED) is 0.658. The van der Waals surface area contributed by atoms with Gasteiger partial charge in [-0.3, -0.25) is 9.59 Å². The van der Waals surface area contributed by atoms with Crippen LogP contribution >= 0.6 is 0 Å². The Hall–Kier alpha value is -3.68. The van der Waals surface area contributed by atoms with Gasteiger partial charge in [-0.25, -0.2) is 0 Å². The van der Waals surface area contributed by atoms with Crippen LogP contribution in [0.1, 0.15) is 41.9 Å². The smallest absolute Gasteiger partial charge is 0.253 e. The summed E-state index contributed by atoms with van der Waals surface area (Å²) in [6.45, 7) is 2.77. The average Bonchev–Trinajstić information content (AvgIpc) is 3.29. The topological polar surface area (TPSA) is 91.6 Å². The number of carbonyl (C=O) groups excluding carboxylic acids is 2. The van der Waals surface area contributed by atoms with Crippen LogP contribution in [-0.2, 0) is 4.79 Å². The van der Waals surface area contributed by atoms with Gasteiger partial charge >= 0.3 is 0 Å². The number of hydrogen-bond acceptors (Lipinski definition) is 6. The van der Waals surface area contributed by atoms with E-state index in [1.165, 1.54) is 6.92 Å². The number of nitrogens with one attached hydrogen (secondary N) is 1. The van der Waals surface area contributed by atoms with E-state index in [9.17, 15) is 9.59 Å². The molecule has 0 radical (unpaired) electrons. The lowest BCUT2D eigenvalue weighted by Crippen LogP contribution is -2.38. The number of aromatic nitrogens is 2. The van der Waals surface area contributed by atoms with Crippen LogP contribution in [0.4, 0.5) is 11.4 Å². The van der Waals surface area contributed by atoms with Gasteiger partial charge in [-0.2, -0.15) is 4.98 Å². The van der Waals surface area contributed by atoms with Crippen LogP contribution in [0.3, 0.4) is 0 Å². The van der Waals surface area contributed by atoms with Crippen molar-refractivity contribution in [3.05, 3.63) is 60.0 Å². The van der Waals surface area contributed by atoms with Gasteiger partial charge in [-0.15, -0.1) is 0 Å². The molecule has 8 heteroatoms. The zero-order valence-electron chi connectivity index (χ0n) is 18.5. The molecule has 8 nitrogen and oxygen atoms in total. The fourth-order valence-corrected chi connectivity index (χ4v) is 3.85. The van der Waals surface area contributed by atoms with E-state index in [0.29, 0.717) is 30.4 Å². The van der Waals surface area contributed by atoms with Crippen molar-refractivity contribution in [2.24, 2.45) is 0 Å². The third kappa shape index (κ3) is 4.80. The molecule has 0 aliphatic carbocycles. The third-order valence-corrected chi connectivity index (χ3v) is 5.65. The molecular weight excluding hydrogens is 406 g/mol. The third-order valence-electron chi connectivity index (χ3n) is 5.65. The van der Waals surface area contributed by atoms with Crippen molar-refractivity contribution >= 4 is 23.2 Å². The highest BCUT2D eigenvalue weighted by Crippen LogP contribution is 2.29. The predicted octanol–water partition coefficient (Wildman–Crippen LogP) is 3.78. The summed E-state index contributed by atoms with van der Waals surface area (Å²) in [6, 6.07) is 15.0. The maximum absolute atomic E-state index is 12.9. The van der Waals surface area contributed by atoms with Crippen LogP contribution in [0.2, 0.25) is 0 Å². The van der Waals surface area contributed by atoms with Crippen LogP contribution in [0.5, 0.6) is 0 Å². The first-order valence-electron chi connectivity index (χ1n) is 10.7. The van der Waals surface area contributed by atoms with E-state index in [1.807, 2.05) is 72.4 Å². The maximum atomic E-state index is 12.9. The molecule has 2 amide bonds. The van der Waals surface area contributed by atoms with Gasteiger partial charge in [-0.1, -0.05) is 11.2 Å². The van der Waals surface area contributed by atoms with Gasteiger partial charge in [0.05, 0.1) is 0 Å². The lowest BCUT2D eigenvalue weighted by molar-refractivity contribution is -0.114. The number of hydrogen-bond donors (Lipinski definition) is 1. The van der Waals surface area contributed by atoms with Crippen LogP contribution in [0.25, 0.3) is 11.4 Å². The number of nitrogens with zero attached hydrogens (tertiary/aromatic N) is 4. The normalized spacial score (nSPS) is 14.3. The second-order valence-corrected chi connectivity index (χ2v) is 8.23. The minimum Gasteiger partial charge on any atom is -0.378 e. The summed E-state index contributed by atoms with van der Waals surface area (Å²) in [7, 11) is 3.93. The van der Waals surface area contributed by atoms with Gasteiger partial charge in [0.15, 0.2) is 0 Å². The standard InChI is InChI=1S/C24H27N5O3/c1-16(30)25-20-9-7-17(8-10-20)22-26-23(32-27-22)18-11-13-29(14-12-18)24(31)19-5-4-6-21(15-19)28(2)3/h4-10,15,18H,11-14H2,1-3H3,(H,25,30). The first-order chi connectivity index (χ1) is 15.4. The van der Waals surface area contributed by atoms with Crippen LogP contribution in [0, 0.1) is 0 Å². The molecule has 1 saturated heterocycles. The fraction of sp³-hybridized carbons (Fsp3) is 0.333. The molecule has 1 N–H and O–H groups in total. The summed E-state index contributed by atoms with van der Waals surface area (Å²) < 4.78 is 5.54. The highest BCUT2D eigenvalue weighted by molar-refractivity contribution is 5.95. The summed E-state index contributed by atoms with van der Waals surface area (Å²) >= 11 is 0. The zero-order valence-corrected chi connectivity index (χ0v) is 18.5. The molecule has 0 spiro atoms. The number of carbonyl (C=O) groups is 2. The molecule has 4 rings (SSSR count). The second kappa shape index (κ2) is 9.21. The number of anilines is 2. The maximum Gasteiger partial charge on any atom is 0.253 e. The van der Waals surface area contributed by atoms with E-state index in [4.69, 9.17) is 4.52 Å². The molecule has 1 aromatic heterocycles. The largest absolute Gasteiger partial charge is 0.378 e. The number of benzene rings is 2. The van der Waals surface area contributed by atoms with Gasteiger partial charge in [-0.05, 0) is 55.3 Å². The van der Waals surface area contributed by atoms with E-state index in [0.717, 1.165) is 29.8 Å². The molecule has 166 valence electrons. The number of amides is 2. The van der Waals surface area contributed by atoms with Gasteiger partial charge in [0.25, 0.3) is 5.91 Å². The fourth-order valence-electron chi connectivity index (χ4n) is 3.85. The first-order valence-corrected chi connectivity index (χ1v) is 10.7.